The van der Waals surface area contributed by atoms with Crippen molar-refractivity contribution in [1.29, 1.82) is 5.26 Å². The lowest BCUT2D eigenvalue weighted by atomic mass is 9.97. The van der Waals surface area contributed by atoms with Crippen molar-refractivity contribution in [2.45, 2.75) is 45.6 Å². The van der Waals surface area contributed by atoms with Crippen LogP contribution in [0.2, 0.25) is 0 Å². The molecule has 1 amide bonds. The lowest BCUT2D eigenvalue weighted by Crippen LogP contribution is -2.41. The number of nitrogens with zero attached hydrogens (tertiary/aromatic N) is 1. The third-order valence-corrected chi connectivity index (χ3v) is 4.18. The molecule has 0 heterocycles. The van der Waals surface area contributed by atoms with E-state index in [1.54, 1.807) is 0 Å². The Balaban J connectivity index is 1.93. The Morgan fingerprint density at radius 1 is 1.40 bits per heavy atom. The van der Waals surface area contributed by atoms with Crippen LogP contribution in [0.1, 0.15) is 39.5 Å². The maximum absolute atomic E-state index is 11.8. The van der Waals surface area contributed by atoms with Gasteiger partial charge in [0.25, 0.3) is 0 Å². The van der Waals surface area contributed by atoms with E-state index in [2.05, 4.69) is 25.2 Å². The van der Waals surface area contributed by atoms with Gasteiger partial charge in [0.05, 0.1) is 6.07 Å². The van der Waals surface area contributed by atoms with Crippen LogP contribution < -0.4 is 5.32 Å². The van der Waals surface area contributed by atoms with E-state index in [1.807, 2.05) is 0 Å². The zero-order valence-electron chi connectivity index (χ0n) is 9.42. The molecule has 0 aromatic carbocycles. The molecule has 0 aromatic rings. The lowest BCUT2D eigenvalue weighted by molar-refractivity contribution is -0.125. The molecule has 3 heteroatoms. The predicted octanol–water partition coefficient (Wildman–Crippen LogP) is 1.84. The van der Waals surface area contributed by atoms with E-state index >= 15 is 0 Å². The number of carbonyl (C=O) groups excluding carboxylic acids is 1. The van der Waals surface area contributed by atoms with E-state index in [9.17, 15) is 4.79 Å². The van der Waals surface area contributed by atoms with Gasteiger partial charge in [0.2, 0.25) is 5.91 Å². The second-order valence-corrected chi connectivity index (χ2v) is 5.19. The zero-order chi connectivity index (χ0) is 11.1. The van der Waals surface area contributed by atoms with Gasteiger partial charge in [-0.25, -0.2) is 0 Å². The van der Waals surface area contributed by atoms with Crippen LogP contribution in [0, 0.1) is 28.6 Å². The van der Waals surface area contributed by atoms with Crippen LogP contribution in [0.25, 0.3) is 0 Å². The largest absolute Gasteiger partial charge is 0.352 e. The number of carbonyl (C=O) groups is 1. The van der Waals surface area contributed by atoms with Crippen molar-refractivity contribution < 1.29 is 4.79 Å². The monoisotopic (exact) mass is 206 g/mol. The van der Waals surface area contributed by atoms with Crippen molar-refractivity contribution in [3.63, 3.8) is 0 Å². The molecule has 3 nitrogen and oxygen atoms in total. The lowest BCUT2D eigenvalue weighted by Gasteiger charge is -2.20. The Hall–Kier alpha value is -1.04. The average molecular weight is 206 g/mol. The summed E-state index contributed by atoms with van der Waals surface area (Å²) < 4.78 is 0. The van der Waals surface area contributed by atoms with Gasteiger partial charge in [0.15, 0.2) is 0 Å². The van der Waals surface area contributed by atoms with Gasteiger partial charge >= 0.3 is 0 Å². The summed E-state index contributed by atoms with van der Waals surface area (Å²) in [4.78, 5) is 11.8. The topological polar surface area (TPSA) is 52.9 Å². The molecule has 3 atom stereocenters. The van der Waals surface area contributed by atoms with Gasteiger partial charge in [-0.2, -0.15) is 5.26 Å². The molecule has 2 rings (SSSR count). The van der Waals surface area contributed by atoms with Crippen molar-refractivity contribution in [3.05, 3.63) is 0 Å². The van der Waals surface area contributed by atoms with Crippen molar-refractivity contribution in [2.75, 3.05) is 0 Å². The van der Waals surface area contributed by atoms with Crippen LogP contribution in [0.4, 0.5) is 0 Å². The summed E-state index contributed by atoms with van der Waals surface area (Å²) in [7, 11) is 0. The van der Waals surface area contributed by atoms with Crippen LogP contribution in [0.5, 0.6) is 0 Å². The molecule has 1 N–H and O–H groups in total. The SMILES string of the molecule is CC1CCC(NC(=O)C2(C#N)CC2)C1C. The Bertz CT molecular complexity index is 314. The molecule has 82 valence electrons. The van der Waals surface area contributed by atoms with Crippen LogP contribution in [-0.4, -0.2) is 11.9 Å². The summed E-state index contributed by atoms with van der Waals surface area (Å²) in [6.07, 6.45) is 3.74. The molecule has 3 unspecified atom stereocenters. The van der Waals surface area contributed by atoms with Gasteiger partial charge in [-0.3, -0.25) is 4.79 Å². The van der Waals surface area contributed by atoms with Gasteiger partial charge in [-0.05, 0) is 37.5 Å². The summed E-state index contributed by atoms with van der Waals surface area (Å²) in [5, 5.41) is 12.0. The number of nitriles is 1. The average Bonchev–Trinajstić information content (AvgIpc) is 2.97. The second-order valence-electron chi connectivity index (χ2n) is 5.19. The molecule has 0 aliphatic heterocycles. The minimum Gasteiger partial charge on any atom is -0.352 e. The first-order valence-electron chi connectivity index (χ1n) is 5.81. The minimum absolute atomic E-state index is 0.0315. The molecular weight excluding hydrogens is 188 g/mol. The van der Waals surface area contributed by atoms with E-state index in [-0.39, 0.29) is 5.91 Å². The first-order valence-corrected chi connectivity index (χ1v) is 5.81. The molecule has 0 saturated heterocycles. The van der Waals surface area contributed by atoms with Gasteiger partial charge in [-0.1, -0.05) is 13.8 Å². The first kappa shape index (κ1) is 10.5. The predicted molar refractivity (Wildman–Crippen MR) is 56.8 cm³/mol. The minimum atomic E-state index is -0.661. The Kier molecular flexibility index (Phi) is 2.46. The summed E-state index contributed by atoms with van der Waals surface area (Å²) in [6.45, 7) is 4.42. The van der Waals surface area contributed by atoms with Crippen molar-refractivity contribution in [3.8, 4) is 6.07 Å². The van der Waals surface area contributed by atoms with Crippen LogP contribution >= 0.6 is 0 Å². The maximum atomic E-state index is 11.8. The molecule has 15 heavy (non-hydrogen) atoms. The fourth-order valence-electron chi connectivity index (χ4n) is 2.39. The molecule has 2 fully saturated rings. The highest BCUT2D eigenvalue weighted by Gasteiger charge is 2.51. The van der Waals surface area contributed by atoms with Crippen LogP contribution in [0.15, 0.2) is 0 Å². The number of hydrogen-bond donors (Lipinski definition) is 1. The molecule has 0 bridgehead atoms. The Labute approximate surface area is 90.8 Å². The molecule has 0 spiro atoms. The molecule has 0 radical (unpaired) electrons. The van der Waals surface area contributed by atoms with Crippen molar-refractivity contribution >= 4 is 5.91 Å². The third kappa shape index (κ3) is 1.73. The van der Waals surface area contributed by atoms with Gasteiger partial charge in [0.1, 0.15) is 5.41 Å². The van der Waals surface area contributed by atoms with E-state index < -0.39 is 5.41 Å². The normalized spacial score (nSPS) is 37.0. The third-order valence-electron chi connectivity index (χ3n) is 4.18. The summed E-state index contributed by atoms with van der Waals surface area (Å²) >= 11 is 0. The van der Waals surface area contributed by atoms with Crippen LogP contribution in [-0.2, 0) is 4.79 Å². The molecule has 2 aliphatic rings. The van der Waals surface area contributed by atoms with Crippen molar-refractivity contribution in [1.82, 2.24) is 5.32 Å². The smallest absolute Gasteiger partial charge is 0.240 e. The van der Waals surface area contributed by atoms with E-state index in [4.69, 9.17) is 5.26 Å². The highest BCUT2D eigenvalue weighted by Crippen LogP contribution is 2.45. The number of amides is 1. The highest BCUT2D eigenvalue weighted by molar-refractivity contribution is 5.88. The number of nitrogens with one attached hydrogen (secondary N) is 1. The molecule has 0 aromatic heterocycles. The van der Waals surface area contributed by atoms with Crippen LogP contribution in [0.3, 0.4) is 0 Å². The maximum Gasteiger partial charge on any atom is 0.240 e. The molecule has 2 saturated carbocycles. The first-order chi connectivity index (χ1) is 7.09. The van der Waals surface area contributed by atoms with Gasteiger partial charge in [0, 0.05) is 6.04 Å². The molecular formula is C12H18N2O. The fraction of sp³-hybridized carbons (Fsp3) is 0.833. The summed E-state index contributed by atoms with van der Waals surface area (Å²) in [6, 6.07) is 2.43. The standard InChI is InChI=1S/C12H18N2O/c1-8-3-4-10(9(8)2)14-11(15)12(7-13)5-6-12/h8-10H,3-6H2,1-2H3,(H,14,15). The Morgan fingerprint density at radius 3 is 2.47 bits per heavy atom. The van der Waals surface area contributed by atoms with E-state index in [0.717, 1.165) is 19.3 Å². The van der Waals surface area contributed by atoms with Gasteiger partial charge < -0.3 is 5.32 Å². The Morgan fingerprint density at radius 2 is 2.07 bits per heavy atom. The second kappa shape index (κ2) is 3.52. The van der Waals surface area contributed by atoms with Crippen molar-refractivity contribution in [2.24, 2.45) is 17.3 Å². The highest BCUT2D eigenvalue weighted by atomic mass is 16.2. The zero-order valence-corrected chi connectivity index (χ0v) is 9.42. The fourth-order valence-corrected chi connectivity index (χ4v) is 2.39. The molecule has 2 aliphatic carbocycles. The van der Waals surface area contributed by atoms with E-state index in [1.165, 1.54) is 6.42 Å². The quantitative estimate of drug-likeness (QED) is 0.749. The van der Waals surface area contributed by atoms with E-state index in [0.29, 0.717) is 17.9 Å². The number of hydrogen-bond acceptors (Lipinski definition) is 2. The van der Waals surface area contributed by atoms with Gasteiger partial charge in [-0.15, -0.1) is 0 Å². The summed E-state index contributed by atoms with van der Waals surface area (Å²) in [5.41, 5.74) is -0.661. The number of rotatable bonds is 2. The summed E-state index contributed by atoms with van der Waals surface area (Å²) in [5.74, 6) is 1.20.